The maximum atomic E-state index is 12.4. The monoisotopic (exact) mass is 340 g/mol. The zero-order valence-corrected chi connectivity index (χ0v) is 12.6. The van der Waals surface area contributed by atoms with E-state index in [1.165, 1.54) is 8.99 Å². The summed E-state index contributed by atoms with van der Waals surface area (Å²) in [5.41, 5.74) is 0. The van der Waals surface area contributed by atoms with E-state index >= 15 is 0 Å². The van der Waals surface area contributed by atoms with Gasteiger partial charge in [0.2, 0.25) is 5.03 Å². The van der Waals surface area contributed by atoms with E-state index in [-0.39, 0.29) is 9.63 Å². The normalized spacial score (nSPS) is 19.2. The summed E-state index contributed by atoms with van der Waals surface area (Å²) in [6.45, 7) is 1.11. The number of nitrogens with zero attached hydrogens (tertiary/aromatic N) is 4. The topological polar surface area (TPSA) is 68.1 Å². The Morgan fingerprint density at radius 1 is 1.35 bits per heavy atom. The van der Waals surface area contributed by atoms with Crippen molar-refractivity contribution in [2.24, 2.45) is 7.05 Å². The Labute approximate surface area is 113 Å². The van der Waals surface area contributed by atoms with Crippen molar-refractivity contribution in [1.29, 1.82) is 0 Å². The molecule has 0 N–H and O–H groups in total. The number of aryl methyl sites for hydroxylation is 1. The van der Waals surface area contributed by atoms with Gasteiger partial charge in [0.05, 0.1) is 0 Å². The fourth-order valence-electron chi connectivity index (χ4n) is 1.68. The largest absolute Gasteiger partial charge is 0.263 e. The molecule has 17 heavy (non-hydrogen) atoms. The van der Waals surface area contributed by atoms with Crippen LogP contribution in [0.25, 0.3) is 0 Å². The summed E-state index contributed by atoms with van der Waals surface area (Å²) in [6, 6.07) is 0. The number of sulfonamides is 1. The van der Waals surface area contributed by atoms with Crippen molar-refractivity contribution in [3.63, 3.8) is 0 Å². The van der Waals surface area contributed by atoms with Crippen molar-refractivity contribution in [3.05, 3.63) is 4.60 Å². The lowest BCUT2D eigenvalue weighted by atomic mass is 10.5. The zero-order chi connectivity index (χ0) is 12.5. The third-order valence-corrected chi connectivity index (χ3v) is 6.34. The molecule has 1 fully saturated rings. The molecule has 1 aromatic heterocycles. The molecule has 0 amide bonds. The Morgan fingerprint density at radius 2 is 2.12 bits per heavy atom. The van der Waals surface area contributed by atoms with Gasteiger partial charge in [-0.3, -0.25) is 0 Å². The van der Waals surface area contributed by atoms with Crippen molar-refractivity contribution < 1.29 is 8.42 Å². The van der Waals surface area contributed by atoms with Gasteiger partial charge in [-0.15, -0.1) is 5.10 Å². The van der Waals surface area contributed by atoms with Gasteiger partial charge in [0, 0.05) is 25.9 Å². The molecule has 0 saturated carbocycles. The fourth-order valence-corrected chi connectivity index (χ4v) is 5.20. The SMILES string of the molecule is Cn1nnc(Br)c1S(=O)(=O)N1CCCSCC1. The second-order valence-corrected chi connectivity index (χ2v) is 7.51. The Morgan fingerprint density at radius 3 is 2.76 bits per heavy atom. The maximum Gasteiger partial charge on any atom is 0.263 e. The zero-order valence-electron chi connectivity index (χ0n) is 9.34. The lowest BCUT2D eigenvalue weighted by molar-refractivity contribution is 0.427. The van der Waals surface area contributed by atoms with Crippen LogP contribution in [-0.4, -0.2) is 52.3 Å². The first-order valence-electron chi connectivity index (χ1n) is 5.16. The number of rotatable bonds is 2. The average Bonchev–Trinajstić information content (AvgIpc) is 2.53. The number of halogens is 1. The molecule has 2 heterocycles. The molecule has 1 aliphatic rings. The minimum absolute atomic E-state index is 0.129. The van der Waals surface area contributed by atoms with E-state index in [1.54, 1.807) is 18.8 Å². The van der Waals surface area contributed by atoms with Crippen molar-refractivity contribution in [3.8, 4) is 0 Å². The minimum Gasteiger partial charge on any atom is -0.235 e. The second kappa shape index (κ2) is 5.25. The standard InChI is InChI=1S/C8H13BrN4O2S2/c1-12-8(7(9)10-11-12)17(14,15)13-3-2-5-16-6-4-13/h2-6H2,1H3. The summed E-state index contributed by atoms with van der Waals surface area (Å²) in [6.07, 6.45) is 0.882. The molecule has 0 unspecified atom stereocenters. The van der Waals surface area contributed by atoms with E-state index in [0.717, 1.165) is 17.9 Å². The van der Waals surface area contributed by atoms with Crippen LogP contribution < -0.4 is 0 Å². The molecule has 0 aliphatic carbocycles. The predicted molar refractivity (Wildman–Crippen MR) is 69.4 cm³/mol. The highest BCUT2D eigenvalue weighted by Crippen LogP contribution is 2.24. The van der Waals surface area contributed by atoms with E-state index in [0.29, 0.717) is 13.1 Å². The first-order chi connectivity index (χ1) is 8.03. The number of aromatic nitrogens is 3. The molecular weight excluding hydrogens is 328 g/mol. The van der Waals surface area contributed by atoms with Gasteiger partial charge in [-0.25, -0.2) is 13.1 Å². The van der Waals surface area contributed by atoms with Crippen LogP contribution >= 0.6 is 27.7 Å². The van der Waals surface area contributed by atoms with Gasteiger partial charge in [0.15, 0.2) is 4.60 Å². The van der Waals surface area contributed by atoms with Crippen molar-refractivity contribution in [1.82, 2.24) is 19.3 Å². The fraction of sp³-hybridized carbons (Fsp3) is 0.750. The molecule has 9 heteroatoms. The highest BCUT2D eigenvalue weighted by molar-refractivity contribution is 9.10. The Kier molecular flexibility index (Phi) is 4.11. The molecule has 0 atom stereocenters. The van der Waals surface area contributed by atoms with Crippen LogP contribution in [0, 0.1) is 0 Å². The third kappa shape index (κ3) is 2.67. The summed E-state index contributed by atoms with van der Waals surface area (Å²) in [7, 11) is -1.91. The highest BCUT2D eigenvalue weighted by atomic mass is 79.9. The molecule has 0 spiro atoms. The first kappa shape index (κ1) is 13.3. The first-order valence-corrected chi connectivity index (χ1v) is 8.55. The van der Waals surface area contributed by atoms with Crippen molar-refractivity contribution >= 4 is 37.7 Å². The molecule has 1 aliphatic heterocycles. The summed E-state index contributed by atoms with van der Waals surface area (Å²) >= 11 is 4.92. The molecule has 1 saturated heterocycles. The third-order valence-electron chi connectivity index (χ3n) is 2.50. The second-order valence-electron chi connectivity index (χ2n) is 3.68. The average molecular weight is 341 g/mol. The van der Waals surface area contributed by atoms with E-state index < -0.39 is 10.0 Å². The Hall–Kier alpha value is -0.120. The van der Waals surface area contributed by atoms with Gasteiger partial charge < -0.3 is 0 Å². The minimum atomic E-state index is -3.49. The van der Waals surface area contributed by atoms with Gasteiger partial charge >= 0.3 is 0 Å². The number of hydrogen-bond donors (Lipinski definition) is 0. The molecule has 6 nitrogen and oxygen atoms in total. The molecule has 0 radical (unpaired) electrons. The molecule has 96 valence electrons. The van der Waals surface area contributed by atoms with Crippen LogP contribution in [0.5, 0.6) is 0 Å². The lowest BCUT2D eigenvalue weighted by Gasteiger charge is -2.19. The van der Waals surface area contributed by atoms with E-state index in [9.17, 15) is 8.42 Å². The van der Waals surface area contributed by atoms with Crippen molar-refractivity contribution in [2.75, 3.05) is 24.6 Å². The summed E-state index contributed by atoms with van der Waals surface area (Å²) in [4.78, 5) is 0. The molecular formula is C8H13BrN4O2S2. The van der Waals surface area contributed by atoms with Crippen LogP contribution in [0.3, 0.4) is 0 Å². The quantitative estimate of drug-likeness (QED) is 0.792. The molecule has 1 aromatic rings. The van der Waals surface area contributed by atoms with Crippen LogP contribution in [0.4, 0.5) is 0 Å². The van der Waals surface area contributed by atoms with Crippen LogP contribution in [0.1, 0.15) is 6.42 Å². The number of thioether (sulfide) groups is 1. The van der Waals surface area contributed by atoms with Crippen LogP contribution in [0.2, 0.25) is 0 Å². The summed E-state index contributed by atoms with van der Waals surface area (Å²) in [5.74, 6) is 1.85. The Balaban J connectivity index is 2.35. The summed E-state index contributed by atoms with van der Waals surface area (Å²) < 4.78 is 27.9. The number of hydrogen-bond acceptors (Lipinski definition) is 5. The van der Waals surface area contributed by atoms with Crippen LogP contribution in [0.15, 0.2) is 9.63 Å². The summed E-state index contributed by atoms with van der Waals surface area (Å²) in [5, 5.41) is 7.56. The van der Waals surface area contributed by atoms with Crippen molar-refractivity contribution in [2.45, 2.75) is 11.4 Å². The maximum absolute atomic E-state index is 12.4. The van der Waals surface area contributed by atoms with Crippen LogP contribution in [-0.2, 0) is 17.1 Å². The molecule has 2 rings (SSSR count). The van der Waals surface area contributed by atoms with Gasteiger partial charge in [0.1, 0.15) is 0 Å². The Bertz CT molecular complexity index is 474. The lowest BCUT2D eigenvalue weighted by Crippen LogP contribution is -2.34. The van der Waals surface area contributed by atoms with E-state index in [1.807, 2.05) is 0 Å². The predicted octanol–water partition coefficient (Wildman–Crippen LogP) is 0.705. The van der Waals surface area contributed by atoms with Gasteiger partial charge in [-0.05, 0) is 28.1 Å². The van der Waals surface area contributed by atoms with E-state index in [4.69, 9.17) is 0 Å². The van der Waals surface area contributed by atoms with Gasteiger partial charge in [-0.2, -0.15) is 16.1 Å². The van der Waals surface area contributed by atoms with Gasteiger partial charge in [0.25, 0.3) is 10.0 Å². The molecule has 0 bridgehead atoms. The van der Waals surface area contributed by atoms with E-state index in [2.05, 4.69) is 26.2 Å². The highest BCUT2D eigenvalue weighted by Gasteiger charge is 2.31. The van der Waals surface area contributed by atoms with Gasteiger partial charge in [-0.1, -0.05) is 5.21 Å². The smallest absolute Gasteiger partial charge is 0.235 e. The molecule has 0 aromatic carbocycles.